The number of rotatable bonds is 15. The summed E-state index contributed by atoms with van der Waals surface area (Å²) in [6.07, 6.45) is 0.924. The van der Waals surface area contributed by atoms with Gasteiger partial charge in [0.05, 0.1) is 36.4 Å². The van der Waals surface area contributed by atoms with Crippen LogP contribution in [0.1, 0.15) is 57.5 Å². The average Bonchev–Trinajstić information content (AvgIpc) is 2.91. The second-order valence-corrected chi connectivity index (χ2v) is 24.1. The van der Waals surface area contributed by atoms with Crippen molar-refractivity contribution in [3.8, 4) is 0 Å². The summed E-state index contributed by atoms with van der Waals surface area (Å²) in [6.45, 7) is 21.0. The molecule has 0 saturated heterocycles. The lowest BCUT2D eigenvalue weighted by Gasteiger charge is -2.36. The minimum atomic E-state index is -2.12. The summed E-state index contributed by atoms with van der Waals surface area (Å²) in [4.78, 5) is 28.8. The van der Waals surface area contributed by atoms with Crippen LogP contribution in [0.25, 0.3) is 0 Å². The van der Waals surface area contributed by atoms with Crippen LogP contribution < -0.4 is 10.8 Å². The summed E-state index contributed by atoms with van der Waals surface area (Å²) in [5, 5.41) is 6.12. The monoisotopic (exact) mass is 783 g/mol. The molecule has 0 aliphatic rings. The van der Waals surface area contributed by atoms with Crippen molar-refractivity contribution in [3.05, 3.63) is 56.4 Å². The summed E-state index contributed by atoms with van der Waals surface area (Å²) in [5.41, 5.74) is 0.751. The molecule has 9 nitrogen and oxygen atoms in total. The Labute approximate surface area is 279 Å². The van der Waals surface area contributed by atoms with Crippen molar-refractivity contribution in [2.24, 2.45) is 5.16 Å². The van der Waals surface area contributed by atoms with Gasteiger partial charge in [0.25, 0.3) is 5.91 Å². The fourth-order valence-electron chi connectivity index (χ4n) is 3.03. The lowest BCUT2D eigenvalue weighted by Crippen LogP contribution is -2.41. The number of halogens is 4. The quantitative estimate of drug-likeness (QED) is 0.0468. The Morgan fingerprint density at radius 3 is 2.16 bits per heavy atom. The van der Waals surface area contributed by atoms with E-state index in [0.717, 1.165) is 12.3 Å². The van der Waals surface area contributed by atoms with Crippen LogP contribution in [0.5, 0.6) is 0 Å². The molecular formula is C30H45F3IN3O6Si2. The van der Waals surface area contributed by atoms with E-state index in [1.165, 1.54) is 12.1 Å². The molecule has 0 atom stereocenters. The van der Waals surface area contributed by atoms with Crippen molar-refractivity contribution >= 4 is 62.7 Å². The molecule has 0 bridgehead atoms. The Morgan fingerprint density at radius 1 is 0.911 bits per heavy atom. The molecule has 252 valence electrons. The summed E-state index contributed by atoms with van der Waals surface area (Å²) < 4.78 is 57.4. The maximum atomic E-state index is 15.4. The average molecular weight is 784 g/mol. The van der Waals surface area contributed by atoms with Crippen LogP contribution in [0, 0.1) is 21.0 Å². The van der Waals surface area contributed by atoms with E-state index in [1.54, 1.807) is 6.07 Å². The number of nitrogens with one attached hydrogen (secondary N) is 2. The first-order valence-electron chi connectivity index (χ1n) is 14.4. The molecule has 0 aliphatic heterocycles. The van der Waals surface area contributed by atoms with Crippen LogP contribution in [-0.2, 0) is 23.6 Å². The topological polar surface area (TPSA) is 99.6 Å². The van der Waals surface area contributed by atoms with Crippen molar-refractivity contribution in [2.75, 3.05) is 31.7 Å². The van der Waals surface area contributed by atoms with Gasteiger partial charge in [-0.15, -0.1) is 0 Å². The Kier molecular flexibility index (Phi) is 14.1. The van der Waals surface area contributed by atoms with Crippen molar-refractivity contribution in [2.45, 2.75) is 77.8 Å². The highest BCUT2D eigenvalue weighted by Gasteiger charge is 2.39. The Bertz CT molecular complexity index is 1350. The van der Waals surface area contributed by atoms with Gasteiger partial charge in [0, 0.05) is 9.13 Å². The summed E-state index contributed by atoms with van der Waals surface area (Å²) in [5.74, 6) is -4.37. The second-order valence-electron chi connectivity index (χ2n) is 13.4. The lowest BCUT2D eigenvalue weighted by molar-refractivity contribution is -0.228. The number of hydrogen-bond donors (Lipinski definition) is 2. The molecule has 0 heterocycles. The number of nitrogens with zero attached hydrogens (tertiary/aromatic N) is 1. The van der Waals surface area contributed by atoms with E-state index in [2.05, 4.69) is 70.6 Å². The van der Waals surface area contributed by atoms with E-state index < -0.39 is 45.7 Å². The highest BCUT2D eigenvalue weighted by Crippen LogP contribution is 2.37. The van der Waals surface area contributed by atoms with Crippen LogP contribution >= 0.6 is 22.6 Å². The van der Waals surface area contributed by atoms with Gasteiger partial charge in [-0.05, 0) is 83.1 Å². The predicted molar refractivity (Wildman–Crippen MR) is 183 cm³/mol. The van der Waals surface area contributed by atoms with Crippen molar-refractivity contribution in [3.63, 3.8) is 0 Å². The Hall–Kier alpha value is -2.03. The largest absolute Gasteiger partial charge is 0.414 e. The highest BCUT2D eigenvalue weighted by molar-refractivity contribution is 14.1. The number of carbonyl (C=O) groups is 1. The lowest BCUT2D eigenvalue weighted by atomic mass is 10.1. The number of hydrogen-bond acceptors (Lipinski definition) is 8. The third kappa shape index (κ3) is 11.3. The maximum Gasteiger partial charge on any atom is 0.277 e. The van der Waals surface area contributed by atoms with Gasteiger partial charge in [0.15, 0.2) is 20.0 Å². The molecule has 0 unspecified atom stereocenters. The summed E-state index contributed by atoms with van der Waals surface area (Å²) in [6, 6.07) is 5.19. The van der Waals surface area contributed by atoms with Gasteiger partial charge in [-0.2, -0.15) is 0 Å². The van der Waals surface area contributed by atoms with Crippen molar-refractivity contribution in [1.82, 2.24) is 5.48 Å². The number of amides is 1. The zero-order chi connectivity index (χ0) is 34.2. The van der Waals surface area contributed by atoms with Crippen LogP contribution in [0.2, 0.25) is 36.3 Å². The molecule has 0 fully saturated rings. The molecule has 2 aromatic carbocycles. The van der Waals surface area contributed by atoms with Gasteiger partial charge in [-0.3, -0.25) is 14.2 Å². The van der Waals surface area contributed by atoms with Crippen LogP contribution in [-0.4, -0.2) is 55.2 Å². The van der Waals surface area contributed by atoms with Crippen LogP contribution in [0.15, 0.2) is 29.4 Å². The molecular weight excluding hydrogens is 738 g/mol. The van der Waals surface area contributed by atoms with Crippen LogP contribution in [0.4, 0.5) is 24.5 Å². The Morgan fingerprint density at radius 2 is 1.56 bits per heavy atom. The normalized spacial score (nSPS) is 12.9. The number of oxime groups is 1. The van der Waals surface area contributed by atoms with Gasteiger partial charge in [-0.1, -0.05) is 46.7 Å². The van der Waals surface area contributed by atoms with Crippen molar-refractivity contribution < 1.29 is 41.5 Å². The van der Waals surface area contributed by atoms with Gasteiger partial charge >= 0.3 is 0 Å². The standard InChI is InChI=1S/C30H45F3IN3O6Si2/c1-29(2,3)44(7,8)42-16-14-40-37-28(38)22-17-20(19-35-39-13-15-41-43-45(9,10)30(4,5)6)25(32)26(33)27(22)36-24-12-11-21(34)18-23(24)31/h11-12,17-19,36H,13-16H2,1-10H3,(H,37,38). The molecule has 15 heteroatoms. The molecule has 0 saturated carbocycles. The van der Waals surface area contributed by atoms with Gasteiger partial charge in [0.2, 0.25) is 8.32 Å². The first-order valence-corrected chi connectivity index (χ1v) is 21.3. The molecule has 45 heavy (non-hydrogen) atoms. The van der Waals surface area contributed by atoms with Gasteiger partial charge in [-0.25, -0.2) is 23.5 Å². The smallest absolute Gasteiger partial charge is 0.277 e. The van der Waals surface area contributed by atoms with Crippen molar-refractivity contribution in [1.29, 1.82) is 0 Å². The zero-order valence-electron chi connectivity index (χ0n) is 27.6. The fourth-order valence-corrected chi connectivity index (χ4v) is 5.13. The second kappa shape index (κ2) is 16.2. The summed E-state index contributed by atoms with van der Waals surface area (Å²) in [7, 11) is -4.16. The maximum absolute atomic E-state index is 15.4. The van der Waals surface area contributed by atoms with Gasteiger partial charge < -0.3 is 14.6 Å². The number of carbonyl (C=O) groups excluding carboxylic acids is 1. The van der Waals surface area contributed by atoms with E-state index in [-0.39, 0.29) is 53.3 Å². The summed E-state index contributed by atoms with van der Waals surface area (Å²) >= 11 is 1.92. The van der Waals surface area contributed by atoms with Crippen LogP contribution in [0.3, 0.4) is 0 Å². The molecule has 0 aliphatic carbocycles. The number of anilines is 2. The third-order valence-corrected chi connectivity index (χ3v) is 17.2. The molecule has 2 rings (SSSR count). The third-order valence-electron chi connectivity index (χ3n) is 7.89. The Balaban J connectivity index is 2.19. The van der Waals surface area contributed by atoms with Gasteiger partial charge in [0.1, 0.15) is 19.0 Å². The van der Waals surface area contributed by atoms with E-state index in [1.807, 2.05) is 35.7 Å². The van der Waals surface area contributed by atoms with E-state index in [0.29, 0.717) is 3.57 Å². The fraction of sp³-hybridized carbons (Fsp3) is 0.533. The van der Waals surface area contributed by atoms with E-state index in [9.17, 15) is 9.18 Å². The molecule has 0 aromatic heterocycles. The molecule has 2 aromatic rings. The molecule has 0 spiro atoms. The molecule has 2 N–H and O–H groups in total. The SMILES string of the molecule is CC(C)(C)[Si](C)(C)OCCONC(=O)c1cc(C=NOCCOO[Si](C)(C)C(C)(C)C)c(F)c(F)c1Nc1ccc(I)cc1F. The highest BCUT2D eigenvalue weighted by atomic mass is 127. The minimum absolute atomic E-state index is 0.0135. The number of hydroxylamine groups is 1. The predicted octanol–water partition coefficient (Wildman–Crippen LogP) is 8.44. The first kappa shape index (κ1) is 39.2. The molecule has 1 amide bonds. The molecule has 0 radical (unpaired) electrons. The van der Waals surface area contributed by atoms with E-state index >= 15 is 8.78 Å². The zero-order valence-corrected chi connectivity index (χ0v) is 31.8. The minimum Gasteiger partial charge on any atom is -0.414 e. The van der Waals surface area contributed by atoms with E-state index in [4.69, 9.17) is 23.6 Å². The number of benzene rings is 2. The first-order chi connectivity index (χ1) is 20.7.